The summed E-state index contributed by atoms with van der Waals surface area (Å²) in [5.74, 6) is 2.08. The van der Waals surface area contributed by atoms with E-state index in [0.717, 1.165) is 27.5 Å². The Morgan fingerprint density at radius 3 is 2.52 bits per heavy atom. The van der Waals surface area contributed by atoms with Crippen molar-refractivity contribution >= 4 is 28.4 Å². The summed E-state index contributed by atoms with van der Waals surface area (Å²) in [7, 11) is 1.66. The van der Waals surface area contributed by atoms with E-state index in [1.165, 1.54) is 0 Å². The molecule has 0 bridgehead atoms. The first-order valence-corrected chi connectivity index (χ1v) is 10.9. The third-order valence-corrected chi connectivity index (χ3v) is 6.16. The van der Waals surface area contributed by atoms with Crippen molar-refractivity contribution in [3.8, 4) is 5.75 Å². The van der Waals surface area contributed by atoms with E-state index < -0.39 is 0 Å². The van der Waals surface area contributed by atoms with Crippen LogP contribution in [0.1, 0.15) is 11.1 Å². The zero-order chi connectivity index (χ0) is 21.2. The molecule has 0 atom stereocenters. The van der Waals surface area contributed by atoms with E-state index >= 15 is 0 Å². The first-order chi connectivity index (χ1) is 15.2. The number of aromatic nitrogens is 4. The molecule has 5 aromatic rings. The summed E-state index contributed by atoms with van der Waals surface area (Å²) < 4.78 is 9.00. The average molecular weight is 429 g/mol. The standard InChI is InChI=1S/C24H20N4O2S/c1-30-19-11-7-10-18(14-19)16-31-24-26-25-23-27(15-17-8-3-2-4-9-17)22(29)20-12-5-6-13-21(20)28(23)24/h2-14H,15-16H2,1H3. The van der Waals surface area contributed by atoms with Crippen molar-refractivity contribution in [2.75, 3.05) is 7.11 Å². The molecule has 2 aromatic heterocycles. The fraction of sp³-hybridized carbons (Fsp3) is 0.125. The number of fused-ring (bicyclic) bond motifs is 3. The van der Waals surface area contributed by atoms with Crippen LogP contribution in [0.2, 0.25) is 0 Å². The van der Waals surface area contributed by atoms with Crippen LogP contribution < -0.4 is 10.3 Å². The average Bonchev–Trinajstić information content (AvgIpc) is 3.25. The predicted molar refractivity (Wildman–Crippen MR) is 123 cm³/mol. The van der Waals surface area contributed by atoms with Crippen molar-refractivity contribution in [2.24, 2.45) is 0 Å². The number of nitrogens with zero attached hydrogens (tertiary/aromatic N) is 4. The second-order valence-corrected chi connectivity index (χ2v) is 8.09. The van der Waals surface area contributed by atoms with Gasteiger partial charge in [-0.25, -0.2) is 0 Å². The molecule has 0 saturated carbocycles. The minimum atomic E-state index is -0.0660. The molecule has 0 aliphatic heterocycles. The minimum Gasteiger partial charge on any atom is -0.497 e. The Bertz CT molecular complexity index is 1430. The number of thioether (sulfide) groups is 1. The number of ether oxygens (including phenoxy) is 1. The molecular formula is C24H20N4O2S. The predicted octanol–water partition coefficient (Wildman–Crippen LogP) is 4.39. The number of methoxy groups -OCH3 is 1. The van der Waals surface area contributed by atoms with Crippen molar-refractivity contribution in [1.82, 2.24) is 19.2 Å². The Labute approximate surface area is 183 Å². The molecular weight excluding hydrogens is 408 g/mol. The Hall–Kier alpha value is -3.58. The molecule has 0 amide bonds. The Morgan fingerprint density at radius 2 is 1.68 bits per heavy atom. The minimum absolute atomic E-state index is 0.0660. The molecule has 0 saturated heterocycles. The van der Waals surface area contributed by atoms with Crippen molar-refractivity contribution < 1.29 is 4.74 Å². The van der Waals surface area contributed by atoms with Crippen LogP contribution in [0.25, 0.3) is 16.7 Å². The molecule has 2 heterocycles. The smallest absolute Gasteiger partial charge is 0.263 e. The van der Waals surface area contributed by atoms with E-state index in [9.17, 15) is 4.79 Å². The monoisotopic (exact) mass is 428 g/mol. The maximum atomic E-state index is 13.3. The Kier molecular flexibility index (Phi) is 5.18. The number of rotatable bonds is 6. The highest BCUT2D eigenvalue weighted by Crippen LogP contribution is 2.26. The molecule has 0 N–H and O–H groups in total. The van der Waals surface area contributed by atoms with E-state index in [0.29, 0.717) is 23.5 Å². The molecule has 7 heteroatoms. The van der Waals surface area contributed by atoms with E-state index in [4.69, 9.17) is 4.74 Å². The van der Waals surface area contributed by atoms with Crippen LogP contribution in [0.5, 0.6) is 5.75 Å². The first kappa shape index (κ1) is 19.4. The van der Waals surface area contributed by atoms with Gasteiger partial charge in [0.25, 0.3) is 5.56 Å². The van der Waals surface area contributed by atoms with Gasteiger partial charge >= 0.3 is 0 Å². The van der Waals surface area contributed by atoms with E-state index in [1.54, 1.807) is 23.4 Å². The molecule has 0 fully saturated rings. The van der Waals surface area contributed by atoms with Gasteiger partial charge in [-0.2, -0.15) is 0 Å². The summed E-state index contributed by atoms with van der Waals surface area (Å²) in [6.07, 6.45) is 0. The van der Waals surface area contributed by atoms with Crippen molar-refractivity contribution in [3.63, 3.8) is 0 Å². The van der Waals surface area contributed by atoms with Crippen LogP contribution >= 0.6 is 11.8 Å². The molecule has 0 aliphatic rings. The van der Waals surface area contributed by atoms with Crippen molar-refractivity contribution in [2.45, 2.75) is 17.5 Å². The Morgan fingerprint density at radius 1 is 0.903 bits per heavy atom. The van der Waals surface area contributed by atoms with Crippen LogP contribution in [0.3, 0.4) is 0 Å². The van der Waals surface area contributed by atoms with Crippen molar-refractivity contribution in [3.05, 3.63) is 100 Å². The van der Waals surface area contributed by atoms with Gasteiger partial charge in [0.1, 0.15) is 5.75 Å². The van der Waals surface area contributed by atoms with Crippen LogP contribution in [0.15, 0.2) is 88.8 Å². The summed E-state index contributed by atoms with van der Waals surface area (Å²) in [4.78, 5) is 13.3. The molecule has 154 valence electrons. The summed E-state index contributed by atoms with van der Waals surface area (Å²) >= 11 is 1.58. The molecule has 0 spiro atoms. The lowest BCUT2D eigenvalue weighted by Crippen LogP contribution is -2.24. The lowest BCUT2D eigenvalue weighted by molar-refractivity contribution is 0.414. The summed E-state index contributed by atoms with van der Waals surface area (Å²) in [5.41, 5.74) is 2.91. The Balaban J connectivity index is 1.61. The number of para-hydroxylation sites is 1. The number of benzene rings is 3. The maximum absolute atomic E-state index is 13.3. The van der Waals surface area contributed by atoms with Gasteiger partial charge in [-0.1, -0.05) is 66.4 Å². The zero-order valence-corrected chi connectivity index (χ0v) is 17.7. The quantitative estimate of drug-likeness (QED) is 0.375. The number of hydrogen-bond donors (Lipinski definition) is 0. The fourth-order valence-electron chi connectivity index (χ4n) is 3.65. The van der Waals surface area contributed by atoms with E-state index in [1.807, 2.05) is 77.2 Å². The van der Waals surface area contributed by atoms with Gasteiger partial charge in [0, 0.05) is 5.75 Å². The van der Waals surface area contributed by atoms with E-state index in [-0.39, 0.29) is 5.56 Å². The molecule has 0 aliphatic carbocycles. The van der Waals surface area contributed by atoms with E-state index in [2.05, 4.69) is 16.3 Å². The topological polar surface area (TPSA) is 61.4 Å². The van der Waals surface area contributed by atoms with Crippen LogP contribution in [-0.4, -0.2) is 26.3 Å². The molecule has 0 radical (unpaired) electrons. The van der Waals surface area contributed by atoms with Gasteiger partial charge < -0.3 is 4.74 Å². The second kappa shape index (κ2) is 8.28. The first-order valence-electron chi connectivity index (χ1n) is 9.91. The highest BCUT2D eigenvalue weighted by Gasteiger charge is 2.17. The summed E-state index contributed by atoms with van der Waals surface area (Å²) in [6, 6.07) is 25.5. The summed E-state index contributed by atoms with van der Waals surface area (Å²) in [6.45, 7) is 0.437. The van der Waals surface area contributed by atoms with Gasteiger partial charge in [-0.15, -0.1) is 10.2 Å². The molecule has 6 nitrogen and oxygen atoms in total. The highest BCUT2D eigenvalue weighted by atomic mass is 32.2. The molecule has 3 aromatic carbocycles. The van der Waals surface area contributed by atoms with Gasteiger partial charge in [0.05, 0.1) is 24.6 Å². The van der Waals surface area contributed by atoms with Crippen molar-refractivity contribution in [1.29, 1.82) is 0 Å². The summed E-state index contributed by atoms with van der Waals surface area (Å²) in [5, 5.41) is 10.2. The molecule has 31 heavy (non-hydrogen) atoms. The van der Waals surface area contributed by atoms with Crippen LogP contribution in [-0.2, 0) is 12.3 Å². The maximum Gasteiger partial charge on any atom is 0.263 e. The van der Waals surface area contributed by atoms with Gasteiger partial charge in [-0.05, 0) is 35.4 Å². The van der Waals surface area contributed by atoms with Crippen LogP contribution in [0, 0.1) is 0 Å². The fourth-order valence-corrected chi connectivity index (χ4v) is 4.53. The third kappa shape index (κ3) is 3.68. The largest absolute Gasteiger partial charge is 0.497 e. The molecule has 5 rings (SSSR count). The third-order valence-electron chi connectivity index (χ3n) is 5.16. The van der Waals surface area contributed by atoms with Gasteiger partial charge in [-0.3, -0.25) is 13.8 Å². The number of hydrogen-bond acceptors (Lipinski definition) is 5. The van der Waals surface area contributed by atoms with Gasteiger partial charge in [0.15, 0.2) is 5.16 Å². The SMILES string of the molecule is COc1cccc(CSc2nnc3n(Cc4ccccc4)c(=O)c4ccccc4n23)c1. The lowest BCUT2D eigenvalue weighted by atomic mass is 10.2. The second-order valence-electron chi connectivity index (χ2n) is 7.15. The molecule has 0 unspecified atom stereocenters. The lowest BCUT2D eigenvalue weighted by Gasteiger charge is -2.11. The van der Waals surface area contributed by atoms with Crippen LogP contribution in [0.4, 0.5) is 0 Å². The highest BCUT2D eigenvalue weighted by molar-refractivity contribution is 7.98. The normalized spacial score (nSPS) is 11.3. The van der Waals surface area contributed by atoms with Gasteiger partial charge in [0.2, 0.25) is 5.78 Å². The zero-order valence-electron chi connectivity index (χ0n) is 16.9.